The maximum Gasteiger partial charge on any atom is 0.311 e. The molecule has 5 unspecified atom stereocenters. The predicted octanol–water partition coefficient (Wildman–Crippen LogP) is 5.39. The number of esters is 1. The Morgan fingerprint density at radius 2 is 1.97 bits per heavy atom. The van der Waals surface area contributed by atoms with E-state index in [2.05, 4.69) is 53.0 Å². The molecule has 2 rings (SSSR count). The van der Waals surface area contributed by atoms with Crippen LogP contribution in [0.3, 0.4) is 0 Å². The van der Waals surface area contributed by atoms with Gasteiger partial charge >= 0.3 is 5.97 Å². The third kappa shape index (κ3) is 8.19. The molecule has 2 fully saturated rings. The van der Waals surface area contributed by atoms with Gasteiger partial charge in [-0.2, -0.15) is 0 Å². The number of nitrogens with one attached hydrogen (secondary N) is 2. The summed E-state index contributed by atoms with van der Waals surface area (Å²) in [5.74, 6) is 2.05. The highest BCUT2D eigenvalue weighted by molar-refractivity contribution is 9.12. The lowest BCUT2D eigenvalue weighted by atomic mass is 9.58. The van der Waals surface area contributed by atoms with Gasteiger partial charge in [0.1, 0.15) is 6.29 Å². The van der Waals surface area contributed by atoms with E-state index in [0.717, 1.165) is 34.4 Å². The summed E-state index contributed by atoms with van der Waals surface area (Å²) >= 11 is 4.62. The van der Waals surface area contributed by atoms with Gasteiger partial charge in [-0.3, -0.25) is 4.79 Å². The van der Waals surface area contributed by atoms with E-state index in [1.165, 1.54) is 31.9 Å². The smallest absolute Gasteiger partial charge is 0.311 e. The Hall–Kier alpha value is -0.890. The molecule has 2 N–H and O–H groups in total. The standard InChI is InChI=1S/C14H25NO2.C10H14BrNOS/c1-9-5-10-6-11(12(9)15-3)8-14(2,7-10)13(16)17-4;1-5-6-9(8(2)11)14-12-10(3,4)7-13/h9-12,15H,5-8H2,1-4H3;5-7,12H,1-2H2,3-4H3/b;9-6+. The summed E-state index contributed by atoms with van der Waals surface area (Å²) in [5, 5.41) is 3.45. The van der Waals surface area contributed by atoms with Gasteiger partial charge in [0.05, 0.1) is 18.1 Å². The van der Waals surface area contributed by atoms with E-state index in [1.54, 1.807) is 19.9 Å². The fourth-order valence-electron chi connectivity index (χ4n) is 4.91. The van der Waals surface area contributed by atoms with E-state index < -0.39 is 5.54 Å². The zero-order chi connectivity index (χ0) is 23.8. The highest BCUT2D eigenvalue weighted by Crippen LogP contribution is 2.50. The van der Waals surface area contributed by atoms with Crippen molar-refractivity contribution in [1.29, 1.82) is 0 Å². The van der Waals surface area contributed by atoms with Crippen LogP contribution in [0.4, 0.5) is 0 Å². The monoisotopic (exact) mass is 514 g/mol. The second-order valence-electron chi connectivity index (χ2n) is 9.56. The van der Waals surface area contributed by atoms with Crippen LogP contribution in [0.2, 0.25) is 0 Å². The van der Waals surface area contributed by atoms with Gasteiger partial charge < -0.3 is 14.8 Å². The molecule has 0 amide bonds. The second kappa shape index (κ2) is 12.4. The Morgan fingerprint density at radius 1 is 1.32 bits per heavy atom. The number of methoxy groups -OCH3 is 1. The van der Waals surface area contributed by atoms with Crippen LogP contribution in [-0.2, 0) is 14.3 Å². The van der Waals surface area contributed by atoms with E-state index in [-0.39, 0.29) is 11.4 Å². The van der Waals surface area contributed by atoms with E-state index in [0.29, 0.717) is 17.9 Å². The van der Waals surface area contributed by atoms with Crippen molar-refractivity contribution in [3.05, 3.63) is 34.7 Å². The summed E-state index contributed by atoms with van der Waals surface area (Å²) in [7, 11) is 3.56. The first-order valence-corrected chi connectivity index (χ1v) is 12.4. The van der Waals surface area contributed by atoms with E-state index in [4.69, 9.17) is 4.74 Å². The minimum absolute atomic E-state index is 0.0170. The Morgan fingerprint density at radius 3 is 2.45 bits per heavy atom. The molecule has 0 saturated heterocycles. The lowest BCUT2D eigenvalue weighted by Gasteiger charge is -2.49. The molecule has 0 aromatic carbocycles. The average Bonchev–Trinajstić information content (AvgIpc) is 2.70. The molecule has 0 aromatic rings. The van der Waals surface area contributed by atoms with Crippen molar-refractivity contribution in [2.75, 3.05) is 14.2 Å². The van der Waals surface area contributed by atoms with Crippen molar-refractivity contribution in [3.8, 4) is 0 Å². The fraction of sp³-hybridized carbons (Fsp3) is 0.667. The molecule has 176 valence electrons. The van der Waals surface area contributed by atoms with Crippen LogP contribution < -0.4 is 10.0 Å². The lowest BCUT2D eigenvalue weighted by molar-refractivity contribution is -0.158. The van der Waals surface area contributed by atoms with Gasteiger partial charge in [-0.25, -0.2) is 4.72 Å². The number of carbonyl (C=O) groups excluding carboxylic acids is 2. The molecule has 2 saturated carbocycles. The molecule has 0 aliphatic heterocycles. The van der Waals surface area contributed by atoms with Crippen molar-refractivity contribution < 1.29 is 14.3 Å². The number of hydrogen-bond acceptors (Lipinski definition) is 6. The number of rotatable bonds is 8. The first-order valence-electron chi connectivity index (χ1n) is 10.8. The largest absolute Gasteiger partial charge is 0.469 e. The van der Waals surface area contributed by atoms with Crippen molar-refractivity contribution >= 4 is 40.1 Å². The van der Waals surface area contributed by atoms with Crippen LogP contribution in [0.5, 0.6) is 0 Å². The molecule has 0 aromatic heterocycles. The molecule has 2 aliphatic rings. The minimum Gasteiger partial charge on any atom is -0.469 e. The summed E-state index contributed by atoms with van der Waals surface area (Å²) in [5.41, 5.74) is -0.801. The van der Waals surface area contributed by atoms with Gasteiger partial charge in [-0.05, 0) is 89.3 Å². The van der Waals surface area contributed by atoms with Gasteiger partial charge in [-0.1, -0.05) is 42.1 Å². The van der Waals surface area contributed by atoms with Crippen LogP contribution >= 0.6 is 27.9 Å². The normalized spacial score (nSPS) is 30.5. The van der Waals surface area contributed by atoms with Crippen molar-refractivity contribution in [2.24, 2.45) is 23.2 Å². The van der Waals surface area contributed by atoms with Crippen LogP contribution in [0.15, 0.2) is 34.7 Å². The third-order valence-corrected chi connectivity index (χ3v) is 8.10. The number of halogens is 1. The molecule has 0 heterocycles. The van der Waals surface area contributed by atoms with Crippen LogP contribution in [0.1, 0.15) is 53.4 Å². The molecule has 5 nitrogen and oxygen atoms in total. The highest BCUT2D eigenvalue weighted by Gasteiger charge is 2.48. The summed E-state index contributed by atoms with van der Waals surface area (Å²) in [6.07, 6.45) is 8.86. The molecule has 5 atom stereocenters. The molecule has 2 aliphatic carbocycles. The summed E-state index contributed by atoms with van der Waals surface area (Å²) in [6.45, 7) is 15.4. The van der Waals surface area contributed by atoms with Crippen LogP contribution in [-0.4, -0.2) is 38.0 Å². The van der Waals surface area contributed by atoms with Crippen LogP contribution in [0, 0.1) is 23.2 Å². The summed E-state index contributed by atoms with van der Waals surface area (Å²) < 4.78 is 8.77. The number of allylic oxidation sites excluding steroid dienone is 3. The fourth-order valence-corrected chi connectivity index (χ4v) is 5.99. The third-order valence-electron chi connectivity index (χ3n) is 6.18. The first-order chi connectivity index (χ1) is 14.4. The minimum atomic E-state index is -0.548. The van der Waals surface area contributed by atoms with E-state index >= 15 is 0 Å². The topological polar surface area (TPSA) is 67.4 Å². The van der Waals surface area contributed by atoms with Gasteiger partial charge in [0.15, 0.2) is 0 Å². The first kappa shape index (κ1) is 28.1. The Kier molecular flexibility index (Phi) is 11.2. The number of carbonyl (C=O) groups is 2. The number of ether oxygens (including phenoxy) is 1. The molecule has 31 heavy (non-hydrogen) atoms. The van der Waals surface area contributed by atoms with Gasteiger partial charge in [-0.15, -0.1) is 0 Å². The Bertz CT molecular complexity index is 692. The van der Waals surface area contributed by atoms with Crippen molar-refractivity contribution in [3.63, 3.8) is 0 Å². The Labute approximate surface area is 201 Å². The zero-order valence-electron chi connectivity index (χ0n) is 19.8. The molecule has 0 radical (unpaired) electrons. The molecular formula is C24H39BrN2O3S. The Balaban J connectivity index is 0.000000318. The second-order valence-corrected chi connectivity index (χ2v) is 11.4. The molecule has 2 bridgehead atoms. The molecule has 7 heteroatoms. The highest BCUT2D eigenvalue weighted by atomic mass is 79.9. The quantitative estimate of drug-likeness (QED) is 0.196. The molecule has 0 spiro atoms. The summed E-state index contributed by atoms with van der Waals surface area (Å²) in [6, 6.07) is 0.565. The molecular weight excluding hydrogens is 476 g/mol. The lowest BCUT2D eigenvalue weighted by Crippen LogP contribution is -2.51. The number of fused-ring (bicyclic) bond motifs is 2. The van der Waals surface area contributed by atoms with Crippen LogP contribution in [0.25, 0.3) is 0 Å². The predicted molar refractivity (Wildman–Crippen MR) is 135 cm³/mol. The van der Waals surface area contributed by atoms with Crippen molar-refractivity contribution in [2.45, 2.75) is 65.0 Å². The van der Waals surface area contributed by atoms with E-state index in [1.807, 2.05) is 13.1 Å². The maximum atomic E-state index is 12.0. The van der Waals surface area contributed by atoms with Crippen molar-refractivity contribution in [1.82, 2.24) is 10.0 Å². The number of aldehydes is 1. The van der Waals surface area contributed by atoms with Gasteiger partial charge in [0, 0.05) is 15.4 Å². The average molecular weight is 516 g/mol. The van der Waals surface area contributed by atoms with Gasteiger partial charge in [0.2, 0.25) is 0 Å². The number of hydrogen-bond donors (Lipinski definition) is 2. The SMILES string of the molecule is C=C/C=C(/SNC(C)(C)C=O)C(=C)Br.CNC1C(C)CC2CC1CC(C)(C(=O)OC)C2. The zero-order valence-corrected chi connectivity index (χ0v) is 22.2. The maximum absolute atomic E-state index is 12.0. The summed E-state index contributed by atoms with van der Waals surface area (Å²) in [4.78, 5) is 23.5. The van der Waals surface area contributed by atoms with E-state index in [9.17, 15) is 9.59 Å². The van der Waals surface area contributed by atoms with Gasteiger partial charge in [0.25, 0.3) is 0 Å².